The van der Waals surface area contributed by atoms with Crippen molar-refractivity contribution in [2.24, 2.45) is 0 Å². The van der Waals surface area contributed by atoms with E-state index in [-0.39, 0.29) is 30.5 Å². The third kappa shape index (κ3) is 6.15. The van der Waals surface area contributed by atoms with Gasteiger partial charge in [-0.3, -0.25) is 9.59 Å². The Morgan fingerprint density at radius 2 is 1.87 bits per heavy atom. The summed E-state index contributed by atoms with van der Waals surface area (Å²) in [5.74, 6) is 0.374. The zero-order valence-electron chi connectivity index (χ0n) is 22.1. The van der Waals surface area contributed by atoms with E-state index >= 15 is 0 Å². The molecule has 0 radical (unpaired) electrons. The summed E-state index contributed by atoms with van der Waals surface area (Å²) in [5.41, 5.74) is 2.25. The van der Waals surface area contributed by atoms with E-state index in [0.29, 0.717) is 19.8 Å². The maximum absolute atomic E-state index is 14.0. The SMILES string of the molecule is CCOc1ccc([C@@H](C(=O)NC2CCCCC2)N(C[C@H]2CCCO2)C(=O)Cn2nnc3ccccc32)cc1. The van der Waals surface area contributed by atoms with Crippen LogP contribution in [0, 0.1) is 0 Å². The summed E-state index contributed by atoms with van der Waals surface area (Å²) in [6.07, 6.45) is 7.04. The van der Waals surface area contributed by atoms with Crippen molar-refractivity contribution >= 4 is 22.8 Å². The van der Waals surface area contributed by atoms with Crippen LogP contribution in [0.5, 0.6) is 5.75 Å². The van der Waals surface area contributed by atoms with Crippen LogP contribution in [-0.2, 0) is 20.9 Å². The first-order valence-electron chi connectivity index (χ1n) is 13.8. The summed E-state index contributed by atoms with van der Waals surface area (Å²) in [5, 5.41) is 11.7. The minimum atomic E-state index is -0.793. The third-order valence-electron chi connectivity index (χ3n) is 7.47. The van der Waals surface area contributed by atoms with Gasteiger partial charge < -0.3 is 19.7 Å². The van der Waals surface area contributed by atoms with Crippen LogP contribution in [0.4, 0.5) is 0 Å². The monoisotopic (exact) mass is 519 g/mol. The van der Waals surface area contributed by atoms with Gasteiger partial charge in [-0.25, -0.2) is 4.68 Å². The number of para-hydroxylation sites is 1. The van der Waals surface area contributed by atoms with Gasteiger partial charge in [-0.2, -0.15) is 0 Å². The second-order valence-electron chi connectivity index (χ2n) is 10.2. The molecule has 1 saturated heterocycles. The topological polar surface area (TPSA) is 98.6 Å². The lowest BCUT2D eigenvalue weighted by atomic mass is 9.94. The zero-order valence-corrected chi connectivity index (χ0v) is 22.1. The molecule has 2 fully saturated rings. The van der Waals surface area contributed by atoms with E-state index in [1.54, 1.807) is 9.58 Å². The first-order chi connectivity index (χ1) is 18.6. The van der Waals surface area contributed by atoms with Gasteiger partial charge in [0.15, 0.2) is 0 Å². The molecule has 2 amide bonds. The highest BCUT2D eigenvalue weighted by atomic mass is 16.5. The van der Waals surface area contributed by atoms with Gasteiger partial charge in [0.05, 0.1) is 18.2 Å². The lowest BCUT2D eigenvalue weighted by molar-refractivity contribution is -0.143. The average Bonchev–Trinajstić information content (AvgIpc) is 3.60. The molecule has 1 aliphatic carbocycles. The van der Waals surface area contributed by atoms with Crippen molar-refractivity contribution < 1.29 is 19.1 Å². The molecule has 0 unspecified atom stereocenters. The Balaban J connectivity index is 1.47. The number of carbonyl (C=O) groups is 2. The zero-order chi connectivity index (χ0) is 26.3. The molecule has 9 nitrogen and oxygen atoms in total. The fraction of sp³-hybridized carbons (Fsp3) is 0.517. The number of carbonyl (C=O) groups excluding carboxylic acids is 2. The molecule has 2 aliphatic rings. The molecular weight excluding hydrogens is 482 g/mol. The van der Waals surface area contributed by atoms with Crippen molar-refractivity contribution in [3.63, 3.8) is 0 Å². The van der Waals surface area contributed by atoms with E-state index < -0.39 is 6.04 Å². The molecule has 2 atom stereocenters. The Bertz CT molecular complexity index is 1220. The van der Waals surface area contributed by atoms with Crippen LogP contribution in [0.1, 0.15) is 63.5 Å². The Hall–Kier alpha value is -3.46. The highest BCUT2D eigenvalue weighted by Gasteiger charge is 2.35. The standard InChI is InChI=1S/C29H37N5O4/c1-2-37-23-16-14-21(15-17-23)28(29(36)30-22-9-4-3-5-10-22)33(19-24-11-8-18-38-24)27(35)20-34-26-13-7-6-12-25(26)31-32-34/h6-7,12-17,22,24,28H,2-5,8-11,18-20H2,1H3,(H,30,36)/t24-,28+/m1/s1. The first-order valence-corrected chi connectivity index (χ1v) is 13.8. The van der Waals surface area contributed by atoms with Crippen molar-refractivity contribution in [3.05, 3.63) is 54.1 Å². The Morgan fingerprint density at radius 3 is 2.61 bits per heavy atom. The molecule has 1 aromatic heterocycles. The minimum absolute atomic E-state index is 0.0164. The number of benzene rings is 2. The Morgan fingerprint density at radius 1 is 1.08 bits per heavy atom. The first kappa shape index (κ1) is 26.2. The van der Waals surface area contributed by atoms with Crippen molar-refractivity contribution in [1.82, 2.24) is 25.2 Å². The quantitative estimate of drug-likeness (QED) is 0.434. The average molecular weight is 520 g/mol. The molecule has 0 spiro atoms. The molecule has 2 aromatic carbocycles. The molecule has 2 heterocycles. The van der Waals surface area contributed by atoms with E-state index in [1.165, 1.54) is 6.42 Å². The van der Waals surface area contributed by atoms with Gasteiger partial charge in [0.1, 0.15) is 23.9 Å². The molecule has 1 aliphatic heterocycles. The van der Waals surface area contributed by atoms with Gasteiger partial charge in [-0.15, -0.1) is 5.10 Å². The second-order valence-corrected chi connectivity index (χ2v) is 10.2. The van der Waals surface area contributed by atoms with Gasteiger partial charge in [-0.1, -0.05) is 48.7 Å². The van der Waals surface area contributed by atoms with Gasteiger partial charge in [-0.05, 0) is 62.4 Å². The molecule has 0 bridgehead atoms. The highest BCUT2D eigenvalue weighted by Crippen LogP contribution is 2.28. The summed E-state index contributed by atoms with van der Waals surface area (Å²) in [7, 11) is 0. The number of amides is 2. The Kier molecular flexibility index (Phi) is 8.53. The number of fused-ring (bicyclic) bond motifs is 1. The van der Waals surface area contributed by atoms with E-state index in [4.69, 9.17) is 9.47 Å². The van der Waals surface area contributed by atoms with Crippen molar-refractivity contribution in [2.45, 2.75) is 76.6 Å². The van der Waals surface area contributed by atoms with E-state index in [9.17, 15) is 9.59 Å². The smallest absolute Gasteiger partial charge is 0.247 e. The molecule has 202 valence electrons. The van der Waals surface area contributed by atoms with Crippen molar-refractivity contribution in [2.75, 3.05) is 19.8 Å². The molecule has 1 saturated carbocycles. The fourth-order valence-electron chi connectivity index (χ4n) is 5.52. The molecule has 9 heteroatoms. The fourth-order valence-corrected chi connectivity index (χ4v) is 5.52. The predicted molar refractivity (Wildman–Crippen MR) is 144 cm³/mol. The molecular formula is C29H37N5O4. The molecule has 38 heavy (non-hydrogen) atoms. The number of nitrogens with zero attached hydrogens (tertiary/aromatic N) is 4. The van der Waals surface area contributed by atoms with Crippen LogP contribution in [0.25, 0.3) is 11.0 Å². The van der Waals surface area contributed by atoms with Crippen LogP contribution in [0.2, 0.25) is 0 Å². The minimum Gasteiger partial charge on any atom is -0.494 e. The lowest BCUT2D eigenvalue weighted by Gasteiger charge is -2.34. The highest BCUT2D eigenvalue weighted by molar-refractivity contribution is 5.89. The van der Waals surface area contributed by atoms with Crippen LogP contribution in [0.15, 0.2) is 48.5 Å². The number of aromatic nitrogens is 3. The van der Waals surface area contributed by atoms with Gasteiger partial charge in [0, 0.05) is 19.2 Å². The van der Waals surface area contributed by atoms with Crippen molar-refractivity contribution in [1.29, 1.82) is 0 Å². The molecule has 5 rings (SSSR count). The largest absolute Gasteiger partial charge is 0.494 e. The lowest BCUT2D eigenvalue weighted by Crippen LogP contribution is -2.49. The maximum Gasteiger partial charge on any atom is 0.247 e. The summed E-state index contributed by atoms with van der Waals surface area (Å²) in [6.45, 7) is 3.48. The van der Waals surface area contributed by atoms with Crippen LogP contribution in [-0.4, -0.2) is 63.6 Å². The number of rotatable bonds is 10. The summed E-state index contributed by atoms with van der Waals surface area (Å²) < 4.78 is 13.2. The number of nitrogens with one attached hydrogen (secondary N) is 1. The normalized spacial score (nSPS) is 18.8. The predicted octanol–water partition coefficient (Wildman–Crippen LogP) is 4.03. The number of ether oxygens (including phenoxy) is 2. The number of hydrogen-bond acceptors (Lipinski definition) is 6. The van der Waals surface area contributed by atoms with E-state index in [1.807, 2.05) is 55.5 Å². The number of hydrogen-bond donors (Lipinski definition) is 1. The van der Waals surface area contributed by atoms with Gasteiger partial charge in [0.25, 0.3) is 0 Å². The molecule has 1 N–H and O–H groups in total. The molecule has 3 aromatic rings. The third-order valence-corrected chi connectivity index (χ3v) is 7.47. The summed E-state index contributed by atoms with van der Waals surface area (Å²) in [6, 6.07) is 14.4. The van der Waals surface area contributed by atoms with Crippen LogP contribution >= 0.6 is 0 Å². The summed E-state index contributed by atoms with van der Waals surface area (Å²) >= 11 is 0. The van der Waals surface area contributed by atoms with Crippen LogP contribution < -0.4 is 10.1 Å². The maximum atomic E-state index is 14.0. The second kappa shape index (κ2) is 12.4. The summed E-state index contributed by atoms with van der Waals surface area (Å²) in [4.78, 5) is 29.6. The van der Waals surface area contributed by atoms with E-state index in [0.717, 1.165) is 60.9 Å². The van der Waals surface area contributed by atoms with Gasteiger partial charge >= 0.3 is 0 Å². The Labute approximate surface area is 223 Å². The van der Waals surface area contributed by atoms with Crippen molar-refractivity contribution in [3.8, 4) is 5.75 Å². The van der Waals surface area contributed by atoms with Gasteiger partial charge in [0.2, 0.25) is 11.8 Å². The van der Waals surface area contributed by atoms with Crippen LogP contribution in [0.3, 0.4) is 0 Å². The van der Waals surface area contributed by atoms with E-state index in [2.05, 4.69) is 15.6 Å².